The number of halogens is 1. The molecule has 0 saturated heterocycles. The van der Waals surface area contributed by atoms with E-state index in [-0.39, 0.29) is 16.9 Å². The summed E-state index contributed by atoms with van der Waals surface area (Å²) in [6, 6.07) is 3.57. The molecule has 1 aromatic carbocycles. The number of rotatable bonds is 5. The molecule has 0 aliphatic rings. The number of anilines is 1. The first kappa shape index (κ1) is 16.9. The molecule has 0 radical (unpaired) electrons. The number of nitrogen functional groups attached to an aromatic ring is 1. The lowest BCUT2D eigenvalue weighted by molar-refractivity contribution is 0.125. The molecule has 1 rings (SSSR count). The molecule has 114 valence electrons. The Kier molecular flexibility index (Phi) is 5.12. The second-order valence-electron chi connectivity index (χ2n) is 5.92. The maximum atomic E-state index is 13.3. The lowest BCUT2D eigenvalue weighted by Gasteiger charge is -2.22. The summed E-state index contributed by atoms with van der Waals surface area (Å²) < 4.78 is 39.5. The smallest absolute Gasteiger partial charge is 0.242 e. The van der Waals surface area contributed by atoms with Gasteiger partial charge in [0, 0.05) is 6.54 Å². The quantitative estimate of drug-likeness (QED) is 0.718. The van der Waals surface area contributed by atoms with Crippen LogP contribution in [-0.4, -0.2) is 26.2 Å². The summed E-state index contributed by atoms with van der Waals surface area (Å²) >= 11 is 0. The number of sulfonamides is 1. The molecule has 5 nitrogen and oxygen atoms in total. The lowest BCUT2D eigenvalue weighted by Crippen LogP contribution is -2.34. The minimum atomic E-state index is -3.94. The van der Waals surface area contributed by atoms with Crippen LogP contribution in [0.25, 0.3) is 0 Å². The fraction of sp³-hybridized carbons (Fsp3) is 0.538. The fourth-order valence-corrected chi connectivity index (χ4v) is 3.03. The monoisotopic (exact) mass is 304 g/mol. The molecule has 20 heavy (non-hydrogen) atoms. The number of benzene rings is 1. The molecule has 0 aliphatic carbocycles. The van der Waals surface area contributed by atoms with Gasteiger partial charge in [-0.2, -0.15) is 0 Å². The topological polar surface area (TPSA) is 92.4 Å². The second kappa shape index (κ2) is 6.07. The van der Waals surface area contributed by atoms with Gasteiger partial charge in [-0.05, 0) is 24.0 Å². The van der Waals surface area contributed by atoms with Crippen LogP contribution in [0.3, 0.4) is 0 Å². The van der Waals surface area contributed by atoms with Crippen molar-refractivity contribution in [2.75, 3.05) is 12.3 Å². The molecule has 4 N–H and O–H groups in total. The second-order valence-corrected chi connectivity index (χ2v) is 7.66. The molecular formula is C13H21FN2O3S. The summed E-state index contributed by atoms with van der Waals surface area (Å²) in [5, 5.41) is 9.79. The highest BCUT2D eigenvalue weighted by molar-refractivity contribution is 7.89. The molecule has 1 aromatic rings. The van der Waals surface area contributed by atoms with Crippen LogP contribution in [-0.2, 0) is 10.0 Å². The molecule has 0 aliphatic heterocycles. The van der Waals surface area contributed by atoms with Crippen molar-refractivity contribution in [3.63, 3.8) is 0 Å². The Morgan fingerprint density at radius 3 is 2.55 bits per heavy atom. The van der Waals surface area contributed by atoms with Crippen molar-refractivity contribution in [1.29, 1.82) is 0 Å². The van der Waals surface area contributed by atoms with Crippen molar-refractivity contribution < 1.29 is 17.9 Å². The first-order valence-electron chi connectivity index (χ1n) is 6.25. The van der Waals surface area contributed by atoms with Crippen molar-refractivity contribution >= 4 is 15.7 Å². The third-order valence-corrected chi connectivity index (χ3v) is 4.14. The Labute approximate surface area is 119 Å². The zero-order valence-corrected chi connectivity index (χ0v) is 12.7. The van der Waals surface area contributed by atoms with Crippen LogP contribution in [0.5, 0.6) is 0 Å². The third-order valence-electron chi connectivity index (χ3n) is 2.66. The van der Waals surface area contributed by atoms with E-state index in [9.17, 15) is 17.9 Å². The Morgan fingerprint density at radius 1 is 1.40 bits per heavy atom. The third kappa shape index (κ3) is 4.73. The summed E-state index contributed by atoms with van der Waals surface area (Å²) in [7, 11) is -3.94. The van der Waals surface area contributed by atoms with Crippen LogP contribution < -0.4 is 10.5 Å². The van der Waals surface area contributed by atoms with E-state index in [1.54, 1.807) is 0 Å². The highest BCUT2D eigenvalue weighted by Crippen LogP contribution is 2.22. The van der Waals surface area contributed by atoms with E-state index >= 15 is 0 Å². The van der Waals surface area contributed by atoms with Gasteiger partial charge in [-0.15, -0.1) is 0 Å². The molecule has 0 amide bonds. The van der Waals surface area contributed by atoms with Gasteiger partial charge in [0.15, 0.2) is 0 Å². The van der Waals surface area contributed by atoms with Gasteiger partial charge in [0.05, 0.1) is 11.8 Å². The standard InChI is InChI=1S/C13H21FN2O3S/c1-13(2,3)7-9(17)8-16-20(18,19)11-6-4-5-10(14)12(11)15/h4-6,9,16-17H,7-8,15H2,1-3H3. The number of aliphatic hydroxyl groups is 1. The van der Waals surface area contributed by atoms with Gasteiger partial charge < -0.3 is 10.8 Å². The Bertz CT molecular complexity index is 567. The van der Waals surface area contributed by atoms with E-state index in [2.05, 4.69) is 4.72 Å². The largest absolute Gasteiger partial charge is 0.395 e. The summed E-state index contributed by atoms with van der Waals surface area (Å²) in [5.74, 6) is -0.789. The van der Waals surface area contributed by atoms with Gasteiger partial charge in [0.2, 0.25) is 10.0 Å². The molecule has 1 atom stereocenters. The zero-order valence-electron chi connectivity index (χ0n) is 11.9. The highest BCUT2D eigenvalue weighted by atomic mass is 32.2. The minimum Gasteiger partial charge on any atom is -0.395 e. The number of para-hydroxylation sites is 1. The van der Waals surface area contributed by atoms with E-state index in [4.69, 9.17) is 5.73 Å². The number of aliphatic hydroxyl groups excluding tert-OH is 1. The van der Waals surface area contributed by atoms with E-state index in [1.807, 2.05) is 20.8 Å². The van der Waals surface area contributed by atoms with Crippen molar-refractivity contribution in [2.45, 2.75) is 38.2 Å². The van der Waals surface area contributed by atoms with Crippen LogP contribution >= 0.6 is 0 Å². The highest BCUT2D eigenvalue weighted by Gasteiger charge is 2.22. The van der Waals surface area contributed by atoms with Crippen molar-refractivity contribution in [3.05, 3.63) is 24.0 Å². The van der Waals surface area contributed by atoms with E-state index in [0.29, 0.717) is 6.42 Å². The maximum Gasteiger partial charge on any atom is 0.242 e. The lowest BCUT2D eigenvalue weighted by atomic mass is 9.89. The normalized spacial score (nSPS) is 14.2. The summed E-state index contributed by atoms with van der Waals surface area (Å²) in [4.78, 5) is -0.319. The number of hydrogen-bond acceptors (Lipinski definition) is 4. The van der Waals surface area contributed by atoms with Gasteiger partial charge in [-0.1, -0.05) is 26.8 Å². The molecular weight excluding hydrogens is 283 g/mol. The summed E-state index contributed by atoms with van der Waals surface area (Å²) in [6.07, 6.45) is -0.381. The number of hydrogen-bond donors (Lipinski definition) is 3. The Balaban J connectivity index is 2.79. The van der Waals surface area contributed by atoms with Crippen LogP contribution in [0.15, 0.2) is 23.1 Å². The van der Waals surface area contributed by atoms with Gasteiger partial charge in [0.25, 0.3) is 0 Å². The molecule has 0 fully saturated rings. The Morgan fingerprint density at radius 2 is 2.00 bits per heavy atom. The molecule has 0 saturated carbocycles. The van der Waals surface area contributed by atoms with Crippen LogP contribution in [0.4, 0.5) is 10.1 Å². The van der Waals surface area contributed by atoms with Crippen molar-refractivity contribution in [1.82, 2.24) is 4.72 Å². The molecule has 7 heteroatoms. The van der Waals surface area contributed by atoms with E-state index < -0.39 is 27.6 Å². The van der Waals surface area contributed by atoms with Crippen molar-refractivity contribution in [3.8, 4) is 0 Å². The number of nitrogens with two attached hydrogens (primary N) is 1. The zero-order chi connectivity index (χ0) is 15.6. The van der Waals surface area contributed by atoms with Gasteiger partial charge in [-0.3, -0.25) is 0 Å². The molecule has 0 heterocycles. The van der Waals surface area contributed by atoms with Gasteiger partial charge in [-0.25, -0.2) is 17.5 Å². The molecule has 0 bridgehead atoms. The van der Waals surface area contributed by atoms with Crippen molar-refractivity contribution in [2.24, 2.45) is 5.41 Å². The van der Waals surface area contributed by atoms with Crippen LogP contribution in [0.1, 0.15) is 27.2 Å². The Hall–Kier alpha value is -1.18. The molecule has 0 aromatic heterocycles. The minimum absolute atomic E-state index is 0.122. The average Bonchev–Trinajstić information content (AvgIpc) is 2.28. The van der Waals surface area contributed by atoms with Crippen LogP contribution in [0, 0.1) is 11.2 Å². The maximum absolute atomic E-state index is 13.3. The fourth-order valence-electron chi connectivity index (χ4n) is 1.81. The molecule has 1 unspecified atom stereocenters. The summed E-state index contributed by atoms with van der Waals surface area (Å²) in [6.45, 7) is 5.68. The first-order valence-corrected chi connectivity index (χ1v) is 7.73. The van der Waals surface area contributed by atoms with Gasteiger partial charge >= 0.3 is 0 Å². The van der Waals surface area contributed by atoms with E-state index in [1.165, 1.54) is 12.1 Å². The average molecular weight is 304 g/mol. The summed E-state index contributed by atoms with van der Waals surface area (Å²) in [5.41, 5.74) is 4.87. The molecule has 0 spiro atoms. The van der Waals surface area contributed by atoms with Crippen LogP contribution in [0.2, 0.25) is 0 Å². The first-order chi connectivity index (χ1) is 9.03. The SMILES string of the molecule is CC(C)(C)CC(O)CNS(=O)(=O)c1cccc(F)c1N. The number of nitrogens with one attached hydrogen (secondary N) is 1. The predicted octanol–water partition coefficient (Wildman–Crippen LogP) is 1.48. The predicted molar refractivity (Wildman–Crippen MR) is 76.1 cm³/mol. The van der Waals surface area contributed by atoms with Gasteiger partial charge in [0.1, 0.15) is 10.7 Å². The van der Waals surface area contributed by atoms with E-state index in [0.717, 1.165) is 6.07 Å².